The Morgan fingerprint density at radius 1 is 1.23 bits per heavy atom. The molecule has 1 unspecified atom stereocenters. The molecular weight excluding hydrogens is 389 g/mol. The Labute approximate surface area is 182 Å². The largest absolute Gasteiger partial charge is 0.507 e. The van der Waals surface area contributed by atoms with Crippen LogP contribution in [0.15, 0.2) is 59.3 Å². The minimum absolute atomic E-state index is 0.225. The number of furan rings is 1. The summed E-state index contributed by atoms with van der Waals surface area (Å²) >= 11 is 0. The van der Waals surface area contributed by atoms with Gasteiger partial charge in [0.05, 0.1) is 18.5 Å². The van der Waals surface area contributed by atoms with Gasteiger partial charge in [-0.2, -0.15) is 9.61 Å². The molecule has 0 saturated carbocycles. The van der Waals surface area contributed by atoms with Crippen LogP contribution in [0.4, 0.5) is 5.82 Å². The number of nitrogens with zero attached hydrogens (tertiary/aromatic N) is 4. The van der Waals surface area contributed by atoms with Crippen LogP contribution in [0.1, 0.15) is 18.6 Å². The highest BCUT2D eigenvalue weighted by Gasteiger charge is 2.21. The average molecular weight is 415 g/mol. The zero-order valence-electron chi connectivity index (χ0n) is 17.7. The maximum atomic E-state index is 10.3. The molecular formula is C23H26BN5O2. The van der Waals surface area contributed by atoms with Crippen molar-refractivity contribution < 1.29 is 9.52 Å². The summed E-state index contributed by atoms with van der Waals surface area (Å²) in [4.78, 5) is 7.22. The van der Waals surface area contributed by atoms with Crippen LogP contribution >= 0.6 is 0 Å². The first-order chi connectivity index (χ1) is 15.2. The summed E-state index contributed by atoms with van der Waals surface area (Å²) in [5, 5.41) is 18.4. The number of hydrogen-bond donors (Lipinski definition) is 2. The highest BCUT2D eigenvalue weighted by molar-refractivity contribution is 6.36. The Balaban J connectivity index is 1.35. The summed E-state index contributed by atoms with van der Waals surface area (Å²) in [6.07, 6.45) is 5.94. The van der Waals surface area contributed by atoms with Crippen molar-refractivity contribution in [2.24, 2.45) is 5.92 Å². The van der Waals surface area contributed by atoms with E-state index in [1.807, 2.05) is 55.0 Å². The van der Waals surface area contributed by atoms with Gasteiger partial charge in [-0.3, -0.25) is 4.90 Å². The molecule has 4 aromatic rings. The van der Waals surface area contributed by atoms with Gasteiger partial charge in [-0.05, 0) is 55.0 Å². The molecule has 0 spiro atoms. The van der Waals surface area contributed by atoms with E-state index in [2.05, 4.69) is 15.3 Å². The van der Waals surface area contributed by atoms with Crippen molar-refractivity contribution in [1.82, 2.24) is 19.5 Å². The second-order valence-corrected chi connectivity index (χ2v) is 8.31. The van der Waals surface area contributed by atoms with E-state index in [1.54, 1.807) is 12.3 Å². The lowest BCUT2D eigenvalue weighted by atomic mass is 9.98. The van der Waals surface area contributed by atoms with Crippen molar-refractivity contribution in [3.63, 3.8) is 0 Å². The van der Waals surface area contributed by atoms with Gasteiger partial charge in [0.1, 0.15) is 25.2 Å². The second kappa shape index (κ2) is 8.47. The first kappa shape index (κ1) is 19.7. The van der Waals surface area contributed by atoms with Crippen LogP contribution in [0, 0.1) is 5.92 Å². The highest BCUT2D eigenvalue weighted by atomic mass is 16.3. The smallest absolute Gasteiger partial charge is 0.151 e. The fraction of sp³-hybridized carbons (Fsp3) is 0.304. The average Bonchev–Trinajstić information content (AvgIpc) is 3.43. The van der Waals surface area contributed by atoms with E-state index in [0.717, 1.165) is 60.1 Å². The van der Waals surface area contributed by atoms with E-state index in [1.165, 1.54) is 12.8 Å². The van der Waals surface area contributed by atoms with Gasteiger partial charge in [-0.15, -0.1) is 0 Å². The number of anilines is 1. The van der Waals surface area contributed by atoms with Crippen LogP contribution < -0.4 is 10.8 Å². The number of rotatable bonds is 6. The van der Waals surface area contributed by atoms with Gasteiger partial charge >= 0.3 is 0 Å². The predicted molar refractivity (Wildman–Crippen MR) is 123 cm³/mol. The van der Waals surface area contributed by atoms with Crippen LogP contribution in [0.5, 0.6) is 5.75 Å². The number of para-hydroxylation sites is 1. The first-order valence-electron chi connectivity index (χ1n) is 10.8. The second-order valence-electron chi connectivity index (χ2n) is 8.31. The van der Waals surface area contributed by atoms with Crippen molar-refractivity contribution in [3.05, 3.63) is 60.7 Å². The van der Waals surface area contributed by atoms with E-state index in [9.17, 15) is 5.11 Å². The third-order valence-corrected chi connectivity index (χ3v) is 5.96. The molecule has 0 amide bonds. The Kier molecular flexibility index (Phi) is 5.38. The van der Waals surface area contributed by atoms with Crippen LogP contribution in [-0.4, -0.2) is 52.1 Å². The van der Waals surface area contributed by atoms with Gasteiger partial charge in [0.2, 0.25) is 0 Å². The molecule has 8 heteroatoms. The molecule has 1 aliphatic heterocycles. The van der Waals surface area contributed by atoms with E-state index in [0.29, 0.717) is 5.92 Å². The molecule has 1 atom stereocenters. The number of fused-ring (bicyclic) bond motifs is 1. The van der Waals surface area contributed by atoms with Gasteiger partial charge in [0.15, 0.2) is 5.65 Å². The molecule has 7 nitrogen and oxygen atoms in total. The summed E-state index contributed by atoms with van der Waals surface area (Å²) in [7, 11) is 2.00. The molecule has 0 radical (unpaired) electrons. The van der Waals surface area contributed by atoms with E-state index in [-0.39, 0.29) is 5.75 Å². The Hall–Kier alpha value is -3.26. The highest BCUT2D eigenvalue weighted by Crippen LogP contribution is 2.29. The summed E-state index contributed by atoms with van der Waals surface area (Å²) in [5.74, 6) is 2.67. The topological polar surface area (TPSA) is 78.8 Å². The molecule has 5 rings (SSSR count). The Morgan fingerprint density at radius 2 is 2.13 bits per heavy atom. The molecule has 2 N–H and O–H groups in total. The van der Waals surface area contributed by atoms with Crippen molar-refractivity contribution >= 4 is 24.8 Å². The lowest BCUT2D eigenvalue weighted by molar-refractivity contribution is 0.162. The number of nitrogens with one attached hydrogen (secondary N) is 1. The minimum atomic E-state index is 0.225. The maximum absolute atomic E-state index is 10.3. The number of aromatic hydroxyl groups is 1. The number of phenols is 1. The normalized spacial score (nSPS) is 17.2. The number of likely N-dealkylation sites (tertiary alicyclic amines) is 1. The molecule has 4 heterocycles. The van der Waals surface area contributed by atoms with E-state index in [4.69, 9.17) is 9.40 Å². The van der Waals surface area contributed by atoms with E-state index < -0.39 is 0 Å². The van der Waals surface area contributed by atoms with Crippen molar-refractivity contribution in [3.8, 4) is 17.0 Å². The lowest BCUT2D eigenvalue weighted by Crippen LogP contribution is -2.37. The zero-order chi connectivity index (χ0) is 21.2. The number of aromatic nitrogens is 3. The molecule has 1 saturated heterocycles. The van der Waals surface area contributed by atoms with Gasteiger partial charge in [0, 0.05) is 30.9 Å². The molecule has 158 valence electrons. The number of piperidine rings is 1. The summed E-state index contributed by atoms with van der Waals surface area (Å²) in [6, 6.07) is 13.3. The standard InChI is InChI=1S/C23H26BN5O2/c24-19-13-26-29-22(11-20(27-23(19)29)18-7-1-2-8-21(18)30)25-12-16-5-3-9-28(14-16)15-17-6-4-10-31-17/h1-2,4,6-8,10-11,13,16,25,30H,3,5,9,12,14-15,24H2. The van der Waals surface area contributed by atoms with Crippen molar-refractivity contribution in [2.75, 3.05) is 25.0 Å². The maximum Gasteiger partial charge on any atom is 0.151 e. The predicted octanol–water partition coefficient (Wildman–Crippen LogP) is 2.28. The molecule has 0 aliphatic carbocycles. The fourth-order valence-corrected chi connectivity index (χ4v) is 4.36. The molecule has 1 fully saturated rings. The number of benzene rings is 1. The fourth-order valence-electron chi connectivity index (χ4n) is 4.36. The Morgan fingerprint density at radius 3 is 2.97 bits per heavy atom. The lowest BCUT2D eigenvalue weighted by Gasteiger charge is -2.32. The minimum Gasteiger partial charge on any atom is -0.507 e. The van der Waals surface area contributed by atoms with Gasteiger partial charge in [-0.1, -0.05) is 12.1 Å². The third-order valence-electron chi connectivity index (χ3n) is 5.96. The Bertz CT molecular complexity index is 1170. The molecule has 1 aromatic carbocycles. The van der Waals surface area contributed by atoms with Crippen LogP contribution in [-0.2, 0) is 6.54 Å². The number of hydrogen-bond acceptors (Lipinski definition) is 6. The van der Waals surface area contributed by atoms with Crippen LogP contribution in [0.3, 0.4) is 0 Å². The van der Waals surface area contributed by atoms with Crippen LogP contribution in [0.25, 0.3) is 16.9 Å². The van der Waals surface area contributed by atoms with Crippen molar-refractivity contribution in [2.45, 2.75) is 19.4 Å². The SMILES string of the molecule is Bc1cnn2c(NCC3CCCN(Cc4ccco4)C3)cc(-c3ccccc3O)nc12. The van der Waals surface area contributed by atoms with E-state index >= 15 is 0 Å². The summed E-state index contributed by atoms with van der Waals surface area (Å²) < 4.78 is 7.37. The molecule has 0 bridgehead atoms. The van der Waals surface area contributed by atoms with Gasteiger partial charge in [0.25, 0.3) is 0 Å². The monoisotopic (exact) mass is 415 g/mol. The quantitative estimate of drug-likeness (QED) is 0.471. The van der Waals surface area contributed by atoms with Gasteiger partial charge < -0.3 is 14.8 Å². The first-order valence-corrected chi connectivity index (χ1v) is 10.8. The zero-order valence-corrected chi connectivity index (χ0v) is 17.7. The third kappa shape index (κ3) is 4.16. The summed E-state index contributed by atoms with van der Waals surface area (Å²) in [6.45, 7) is 3.85. The van der Waals surface area contributed by atoms with Crippen molar-refractivity contribution in [1.29, 1.82) is 0 Å². The molecule has 1 aliphatic rings. The molecule has 3 aromatic heterocycles. The van der Waals surface area contributed by atoms with Crippen LogP contribution in [0.2, 0.25) is 0 Å². The summed E-state index contributed by atoms with van der Waals surface area (Å²) in [5.41, 5.74) is 3.25. The number of phenolic OH excluding ortho intramolecular Hbond substituents is 1. The molecule has 31 heavy (non-hydrogen) atoms. The van der Waals surface area contributed by atoms with Gasteiger partial charge in [-0.25, -0.2) is 4.98 Å².